The summed E-state index contributed by atoms with van der Waals surface area (Å²) < 4.78 is 0. The summed E-state index contributed by atoms with van der Waals surface area (Å²) in [7, 11) is 0. The van der Waals surface area contributed by atoms with Crippen LogP contribution in [0.3, 0.4) is 0 Å². The van der Waals surface area contributed by atoms with Gasteiger partial charge in [-0.15, -0.1) is 0 Å². The fourth-order valence-electron chi connectivity index (χ4n) is 1.88. The topological polar surface area (TPSA) is 37.8 Å². The average molecular weight is 272 g/mol. The van der Waals surface area contributed by atoms with Gasteiger partial charge in [0.15, 0.2) is 11.0 Å². The van der Waals surface area contributed by atoms with Crippen LogP contribution >= 0.6 is 23.4 Å². The second-order valence-electron chi connectivity index (χ2n) is 4.47. The van der Waals surface area contributed by atoms with Crippen LogP contribution in [0.2, 0.25) is 5.15 Å². The van der Waals surface area contributed by atoms with Crippen LogP contribution < -0.4 is 5.32 Å². The predicted octanol–water partition coefficient (Wildman–Crippen LogP) is 3.30. The molecular weight excluding hydrogens is 254 g/mol. The van der Waals surface area contributed by atoms with Gasteiger partial charge < -0.3 is 5.32 Å². The maximum Gasteiger partial charge on any atom is 0.171 e. The molecular formula is C12H18ClN3S. The van der Waals surface area contributed by atoms with Crippen molar-refractivity contribution in [3.8, 4) is 0 Å². The highest BCUT2D eigenvalue weighted by molar-refractivity contribution is 7.99. The van der Waals surface area contributed by atoms with E-state index in [9.17, 15) is 0 Å². The van der Waals surface area contributed by atoms with Gasteiger partial charge in [0.2, 0.25) is 0 Å². The number of nitrogens with one attached hydrogen (secondary N) is 1. The van der Waals surface area contributed by atoms with Gasteiger partial charge in [0.25, 0.3) is 0 Å². The van der Waals surface area contributed by atoms with E-state index in [2.05, 4.69) is 15.3 Å². The van der Waals surface area contributed by atoms with Crippen molar-refractivity contribution in [1.29, 1.82) is 0 Å². The SMILES string of the molecule is Cc1nc(Cl)c(NCC2CCSCC2)nc1C. The summed E-state index contributed by atoms with van der Waals surface area (Å²) in [6, 6.07) is 0. The Bertz CT molecular complexity index is 392. The first kappa shape index (κ1) is 13.0. The molecule has 1 aromatic heterocycles. The molecule has 0 saturated carbocycles. The van der Waals surface area contributed by atoms with Gasteiger partial charge in [-0.2, -0.15) is 11.8 Å². The molecule has 1 N–H and O–H groups in total. The van der Waals surface area contributed by atoms with Crippen molar-refractivity contribution < 1.29 is 0 Å². The first-order valence-electron chi connectivity index (χ1n) is 5.99. The minimum Gasteiger partial charge on any atom is -0.367 e. The quantitative estimate of drug-likeness (QED) is 0.915. The molecule has 0 amide bonds. The maximum atomic E-state index is 6.08. The molecule has 1 saturated heterocycles. The highest BCUT2D eigenvalue weighted by Gasteiger charge is 2.14. The first-order valence-corrected chi connectivity index (χ1v) is 7.52. The van der Waals surface area contributed by atoms with E-state index in [1.54, 1.807) is 0 Å². The molecule has 0 unspecified atom stereocenters. The van der Waals surface area contributed by atoms with Gasteiger partial charge in [0, 0.05) is 6.54 Å². The van der Waals surface area contributed by atoms with Gasteiger partial charge in [-0.05, 0) is 44.1 Å². The van der Waals surface area contributed by atoms with Crippen LogP contribution in [0.1, 0.15) is 24.2 Å². The molecule has 2 rings (SSSR count). The summed E-state index contributed by atoms with van der Waals surface area (Å²) in [6.07, 6.45) is 2.57. The van der Waals surface area contributed by atoms with Gasteiger partial charge in [0.1, 0.15) is 0 Å². The number of aryl methyl sites for hydroxylation is 2. The zero-order valence-electron chi connectivity index (χ0n) is 10.3. The van der Waals surface area contributed by atoms with Crippen LogP contribution in [-0.2, 0) is 0 Å². The molecule has 0 aromatic carbocycles. The lowest BCUT2D eigenvalue weighted by molar-refractivity contribution is 0.515. The van der Waals surface area contributed by atoms with E-state index in [0.29, 0.717) is 5.15 Å². The molecule has 2 heterocycles. The molecule has 0 atom stereocenters. The molecule has 0 aliphatic carbocycles. The van der Waals surface area contributed by atoms with Crippen molar-refractivity contribution in [2.24, 2.45) is 5.92 Å². The lowest BCUT2D eigenvalue weighted by atomic mass is 10.0. The van der Waals surface area contributed by atoms with Crippen LogP contribution in [0.5, 0.6) is 0 Å². The second-order valence-corrected chi connectivity index (χ2v) is 6.05. The van der Waals surface area contributed by atoms with E-state index in [4.69, 9.17) is 11.6 Å². The van der Waals surface area contributed by atoms with E-state index in [0.717, 1.165) is 29.7 Å². The molecule has 0 bridgehead atoms. The second kappa shape index (κ2) is 5.91. The molecule has 1 aliphatic heterocycles. The molecule has 3 nitrogen and oxygen atoms in total. The molecule has 5 heteroatoms. The Balaban J connectivity index is 1.96. The number of hydrogen-bond acceptors (Lipinski definition) is 4. The van der Waals surface area contributed by atoms with Crippen molar-refractivity contribution in [2.75, 3.05) is 23.4 Å². The van der Waals surface area contributed by atoms with E-state index in [1.807, 2.05) is 25.6 Å². The normalized spacial score (nSPS) is 17.1. The van der Waals surface area contributed by atoms with Gasteiger partial charge >= 0.3 is 0 Å². The Labute approximate surface area is 112 Å². The first-order chi connectivity index (χ1) is 8.16. The van der Waals surface area contributed by atoms with Crippen molar-refractivity contribution in [3.63, 3.8) is 0 Å². The monoisotopic (exact) mass is 271 g/mol. The minimum atomic E-state index is 0.485. The minimum absolute atomic E-state index is 0.485. The molecule has 1 aromatic rings. The third kappa shape index (κ3) is 3.49. The number of thioether (sulfide) groups is 1. The molecule has 0 spiro atoms. The van der Waals surface area contributed by atoms with E-state index >= 15 is 0 Å². The van der Waals surface area contributed by atoms with Crippen LogP contribution in [0, 0.1) is 19.8 Å². The van der Waals surface area contributed by atoms with Crippen molar-refractivity contribution >= 4 is 29.2 Å². The largest absolute Gasteiger partial charge is 0.367 e. The Morgan fingerprint density at radius 3 is 2.59 bits per heavy atom. The number of anilines is 1. The van der Waals surface area contributed by atoms with Gasteiger partial charge in [-0.1, -0.05) is 11.6 Å². The number of nitrogens with zero attached hydrogens (tertiary/aromatic N) is 2. The molecule has 17 heavy (non-hydrogen) atoms. The summed E-state index contributed by atoms with van der Waals surface area (Å²) in [5.41, 5.74) is 1.84. The highest BCUT2D eigenvalue weighted by atomic mass is 35.5. The van der Waals surface area contributed by atoms with Crippen LogP contribution in [0.15, 0.2) is 0 Å². The fourth-order valence-corrected chi connectivity index (χ4v) is 3.32. The molecule has 94 valence electrons. The van der Waals surface area contributed by atoms with E-state index in [-0.39, 0.29) is 0 Å². The number of rotatable bonds is 3. The number of aromatic nitrogens is 2. The van der Waals surface area contributed by atoms with Gasteiger partial charge in [0.05, 0.1) is 11.4 Å². The van der Waals surface area contributed by atoms with Crippen LogP contribution in [0.25, 0.3) is 0 Å². The maximum absolute atomic E-state index is 6.08. The predicted molar refractivity (Wildman–Crippen MR) is 75.1 cm³/mol. The molecule has 1 fully saturated rings. The summed E-state index contributed by atoms with van der Waals surface area (Å²) in [5.74, 6) is 4.03. The summed E-state index contributed by atoms with van der Waals surface area (Å²) in [6.45, 7) is 4.84. The third-order valence-corrected chi connectivity index (χ3v) is 4.48. The number of halogens is 1. The van der Waals surface area contributed by atoms with Crippen molar-refractivity contribution in [2.45, 2.75) is 26.7 Å². The Morgan fingerprint density at radius 2 is 1.88 bits per heavy atom. The summed E-state index contributed by atoms with van der Waals surface area (Å²) in [5, 5.41) is 3.82. The lowest BCUT2D eigenvalue weighted by Crippen LogP contribution is -2.20. The summed E-state index contributed by atoms with van der Waals surface area (Å²) >= 11 is 8.13. The zero-order chi connectivity index (χ0) is 12.3. The number of hydrogen-bond donors (Lipinski definition) is 1. The highest BCUT2D eigenvalue weighted by Crippen LogP contribution is 2.24. The van der Waals surface area contributed by atoms with E-state index < -0.39 is 0 Å². The van der Waals surface area contributed by atoms with Gasteiger partial charge in [-0.25, -0.2) is 9.97 Å². The molecule has 1 aliphatic rings. The smallest absolute Gasteiger partial charge is 0.171 e. The van der Waals surface area contributed by atoms with Crippen LogP contribution in [-0.4, -0.2) is 28.0 Å². The zero-order valence-corrected chi connectivity index (χ0v) is 11.9. The average Bonchev–Trinajstić information content (AvgIpc) is 2.33. The Kier molecular flexibility index (Phi) is 4.51. The lowest BCUT2D eigenvalue weighted by Gasteiger charge is -2.22. The van der Waals surface area contributed by atoms with Crippen molar-refractivity contribution in [3.05, 3.63) is 16.5 Å². The molecule has 0 radical (unpaired) electrons. The third-order valence-electron chi connectivity index (χ3n) is 3.16. The van der Waals surface area contributed by atoms with Crippen LogP contribution in [0.4, 0.5) is 5.82 Å². The van der Waals surface area contributed by atoms with Gasteiger partial charge in [-0.3, -0.25) is 0 Å². The summed E-state index contributed by atoms with van der Waals surface area (Å²) in [4.78, 5) is 8.72. The van der Waals surface area contributed by atoms with Crippen molar-refractivity contribution in [1.82, 2.24) is 9.97 Å². The fraction of sp³-hybridized carbons (Fsp3) is 0.667. The Hall–Kier alpha value is -0.480. The van der Waals surface area contributed by atoms with E-state index in [1.165, 1.54) is 24.3 Å². The Morgan fingerprint density at radius 1 is 1.24 bits per heavy atom. The standard InChI is InChI=1S/C12H18ClN3S/c1-8-9(2)16-12(11(13)15-8)14-7-10-3-5-17-6-4-10/h10H,3-7H2,1-2H3,(H,14,16).